The molecule has 1 aliphatic heterocycles. The number of H-pyrrole nitrogens is 1. The summed E-state index contributed by atoms with van der Waals surface area (Å²) in [5, 5.41) is 4.53. The molecule has 0 bridgehead atoms. The van der Waals surface area contributed by atoms with E-state index in [1.807, 2.05) is 18.2 Å². The maximum absolute atomic E-state index is 13.1. The van der Waals surface area contributed by atoms with Gasteiger partial charge in [0.05, 0.1) is 26.1 Å². The molecule has 8 heteroatoms. The van der Waals surface area contributed by atoms with E-state index in [0.717, 1.165) is 42.8 Å². The lowest BCUT2D eigenvalue weighted by atomic mass is 10.2. The topological polar surface area (TPSA) is 65.2 Å². The lowest BCUT2D eigenvalue weighted by Gasteiger charge is -2.29. The van der Waals surface area contributed by atoms with Crippen LogP contribution in [0.2, 0.25) is 10.0 Å². The molecule has 4 rings (SSSR count). The van der Waals surface area contributed by atoms with Crippen molar-refractivity contribution in [2.24, 2.45) is 0 Å². The normalized spacial score (nSPS) is 15.5. The van der Waals surface area contributed by atoms with Crippen molar-refractivity contribution in [2.45, 2.75) is 9.92 Å². The van der Waals surface area contributed by atoms with Crippen molar-refractivity contribution in [3.63, 3.8) is 0 Å². The fourth-order valence-electron chi connectivity index (χ4n) is 3.24. The van der Waals surface area contributed by atoms with Crippen LogP contribution in [0.1, 0.15) is 0 Å². The summed E-state index contributed by atoms with van der Waals surface area (Å²) in [5.74, 6) is 0. The smallest absolute Gasteiger partial charge is 0.223 e. The Morgan fingerprint density at radius 2 is 1.73 bits per heavy atom. The minimum absolute atomic E-state index is 0.00180. The maximum Gasteiger partial charge on any atom is 0.223 e. The molecule has 0 aliphatic carbocycles. The summed E-state index contributed by atoms with van der Waals surface area (Å²) in [6.07, 6.45) is 0. The van der Waals surface area contributed by atoms with Gasteiger partial charge in [-0.25, -0.2) is 8.42 Å². The highest BCUT2D eigenvalue weighted by Crippen LogP contribution is 2.35. The molecule has 0 radical (unpaired) electrons. The third kappa shape index (κ3) is 2.97. The number of para-hydroxylation sites is 1. The van der Waals surface area contributed by atoms with Crippen molar-refractivity contribution >= 4 is 49.6 Å². The molecule has 0 saturated carbocycles. The van der Waals surface area contributed by atoms with Crippen LogP contribution >= 0.6 is 23.2 Å². The summed E-state index contributed by atoms with van der Waals surface area (Å²) in [7, 11) is -3.80. The molecule has 136 valence electrons. The Balaban J connectivity index is 1.84. The van der Waals surface area contributed by atoms with Crippen molar-refractivity contribution in [1.29, 1.82) is 0 Å². The first-order valence-corrected chi connectivity index (χ1v) is 10.5. The molecular formula is C18H17Cl2N3O2S. The standard InChI is InChI=1S/C18H17Cl2N3O2S/c19-13-4-2-6-15(17(13)20)26(24,25)16-11-12-3-1-5-14(18(12)22-16)23-9-7-21-8-10-23/h1-6,11,21-22H,7-10H2. The van der Waals surface area contributed by atoms with Crippen LogP contribution < -0.4 is 10.2 Å². The Bertz CT molecular complexity index is 1070. The largest absolute Gasteiger partial charge is 0.367 e. The van der Waals surface area contributed by atoms with Crippen molar-refractivity contribution in [3.8, 4) is 0 Å². The van der Waals surface area contributed by atoms with E-state index < -0.39 is 9.84 Å². The van der Waals surface area contributed by atoms with E-state index in [1.165, 1.54) is 6.07 Å². The van der Waals surface area contributed by atoms with E-state index in [4.69, 9.17) is 23.2 Å². The quantitative estimate of drug-likeness (QED) is 0.691. The number of piperazine rings is 1. The van der Waals surface area contributed by atoms with Gasteiger partial charge < -0.3 is 15.2 Å². The molecular weight excluding hydrogens is 393 g/mol. The Labute approximate surface area is 161 Å². The van der Waals surface area contributed by atoms with Gasteiger partial charge in [0.1, 0.15) is 5.03 Å². The predicted octanol–water partition coefficient (Wildman–Crippen LogP) is 3.72. The lowest BCUT2D eigenvalue weighted by Crippen LogP contribution is -2.43. The molecule has 0 amide bonds. The average molecular weight is 410 g/mol. The zero-order chi connectivity index (χ0) is 18.3. The number of hydrogen-bond donors (Lipinski definition) is 2. The van der Waals surface area contributed by atoms with E-state index in [9.17, 15) is 8.42 Å². The molecule has 26 heavy (non-hydrogen) atoms. The average Bonchev–Trinajstić information content (AvgIpc) is 3.10. The Kier molecular flexibility index (Phi) is 4.61. The van der Waals surface area contributed by atoms with Gasteiger partial charge in [-0.1, -0.05) is 41.4 Å². The van der Waals surface area contributed by atoms with Crippen LogP contribution in [0, 0.1) is 0 Å². The summed E-state index contributed by atoms with van der Waals surface area (Å²) in [6.45, 7) is 3.56. The van der Waals surface area contributed by atoms with E-state index in [0.29, 0.717) is 0 Å². The highest BCUT2D eigenvalue weighted by Gasteiger charge is 2.25. The number of halogens is 2. The zero-order valence-corrected chi connectivity index (χ0v) is 16.1. The highest BCUT2D eigenvalue weighted by molar-refractivity contribution is 7.91. The second-order valence-corrected chi connectivity index (χ2v) is 8.84. The highest BCUT2D eigenvalue weighted by atomic mass is 35.5. The third-order valence-electron chi connectivity index (χ3n) is 4.56. The summed E-state index contributed by atoms with van der Waals surface area (Å²) in [5.41, 5.74) is 1.81. The summed E-state index contributed by atoms with van der Waals surface area (Å²) < 4.78 is 26.1. The van der Waals surface area contributed by atoms with Crippen LogP contribution in [0.15, 0.2) is 52.4 Å². The van der Waals surface area contributed by atoms with Gasteiger partial charge in [-0.3, -0.25) is 0 Å². The number of nitrogens with one attached hydrogen (secondary N) is 2. The zero-order valence-electron chi connectivity index (χ0n) is 13.8. The summed E-state index contributed by atoms with van der Waals surface area (Å²) in [6, 6.07) is 12.1. The van der Waals surface area contributed by atoms with Crippen molar-refractivity contribution in [2.75, 3.05) is 31.1 Å². The van der Waals surface area contributed by atoms with Gasteiger partial charge in [0.25, 0.3) is 0 Å². The third-order valence-corrected chi connectivity index (χ3v) is 7.21. The van der Waals surface area contributed by atoms with Crippen LogP contribution in [0.4, 0.5) is 5.69 Å². The molecule has 2 aromatic carbocycles. The van der Waals surface area contributed by atoms with Crippen molar-refractivity contribution in [1.82, 2.24) is 10.3 Å². The van der Waals surface area contributed by atoms with Crippen LogP contribution in [0.25, 0.3) is 10.9 Å². The van der Waals surface area contributed by atoms with E-state index >= 15 is 0 Å². The lowest BCUT2D eigenvalue weighted by molar-refractivity contribution is 0.589. The fourth-order valence-corrected chi connectivity index (χ4v) is 5.26. The fraction of sp³-hybridized carbons (Fsp3) is 0.222. The van der Waals surface area contributed by atoms with Crippen LogP contribution in [-0.4, -0.2) is 39.6 Å². The number of hydrogen-bond acceptors (Lipinski definition) is 4. The molecule has 1 fully saturated rings. The first-order chi connectivity index (χ1) is 12.5. The number of rotatable bonds is 3. The Morgan fingerprint density at radius 3 is 2.50 bits per heavy atom. The Hall–Kier alpha value is -1.73. The second-order valence-electron chi connectivity index (χ2n) is 6.17. The molecule has 3 aromatic rings. The van der Waals surface area contributed by atoms with Crippen LogP contribution in [-0.2, 0) is 9.84 Å². The van der Waals surface area contributed by atoms with Gasteiger partial charge in [0, 0.05) is 31.6 Å². The summed E-state index contributed by atoms with van der Waals surface area (Å²) >= 11 is 12.1. The van der Waals surface area contributed by atoms with Gasteiger partial charge in [-0.2, -0.15) is 0 Å². The number of aromatic amines is 1. The van der Waals surface area contributed by atoms with Crippen LogP contribution in [0.3, 0.4) is 0 Å². The number of aromatic nitrogens is 1. The van der Waals surface area contributed by atoms with Gasteiger partial charge in [-0.15, -0.1) is 0 Å². The predicted molar refractivity (Wildman–Crippen MR) is 105 cm³/mol. The molecule has 0 unspecified atom stereocenters. The second kappa shape index (κ2) is 6.78. The first kappa shape index (κ1) is 17.7. The van der Waals surface area contributed by atoms with Gasteiger partial charge in [0.2, 0.25) is 9.84 Å². The molecule has 5 nitrogen and oxygen atoms in total. The van der Waals surface area contributed by atoms with E-state index in [1.54, 1.807) is 18.2 Å². The minimum Gasteiger partial charge on any atom is -0.367 e. The van der Waals surface area contributed by atoms with Gasteiger partial charge >= 0.3 is 0 Å². The van der Waals surface area contributed by atoms with Crippen LogP contribution in [0.5, 0.6) is 0 Å². The molecule has 1 aromatic heterocycles. The van der Waals surface area contributed by atoms with Crippen molar-refractivity contribution < 1.29 is 8.42 Å². The molecule has 1 aliphatic rings. The maximum atomic E-state index is 13.1. The molecule has 2 N–H and O–H groups in total. The molecule has 2 heterocycles. The van der Waals surface area contributed by atoms with E-state index in [2.05, 4.69) is 15.2 Å². The molecule has 0 spiro atoms. The SMILES string of the molecule is O=S(=O)(c1cc2cccc(N3CCNCC3)c2[nH]1)c1cccc(Cl)c1Cl. The number of fused-ring (bicyclic) bond motifs is 1. The molecule has 0 atom stereocenters. The number of anilines is 1. The summed E-state index contributed by atoms with van der Waals surface area (Å²) in [4.78, 5) is 5.35. The number of nitrogens with zero attached hydrogens (tertiary/aromatic N) is 1. The number of sulfone groups is 1. The van der Waals surface area contributed by atoms with Gasteiger partial charge in [-0.05, 0) is 24.3 Å². The minimum atomic E-state index is -3.80. The first-order valence-electron chi connectivity index (χ1n) is 8.25. The monoisotopic (exact) mass is 409 g/mol. The van der Waals surface area contributed by atoms with Crippen molar-refractivity contribution in [3.05, 3.63) is 52.5 Å². The van der Waals surface area contributed by atoms with Gasteiger partial charge in [0.15, 0.2) is 0 Å². The molecule has 1 saturated heterocycles. The number of benzene rings is 2. The van der Waals surface area contributed by atoms with E-state index in [-0.39, 0.29) is 20.0 Å². The Morgan fingerprint density at radius 1 is 1.00 bits per heavy atom.